The summed E-state index contributed by atoms with van der Waals surface area (Å²) in [4.78, 5) is 11.5. The molecule has 0 aromatic heterocycles. The monoisotopic (exact) mass is 282 g/mol. The van der Waals surface area contributed by atoms with E-state index in [4.69, 9.17) is 4.74 Å². The second-order valence-electron chi connectivity index (χ2n) is 5.02. The number of ether oxygens (including phenoxy) is 1. The van der Waals surface area contributed by atoms with E-state index >= 15 is 0 Å². The lowest BCUT2D eigenvalue weighted by Gasteiger charge is -2.13. The normalized spacial score (nSPS) is 20.4. The lowest BCUT2D eigenvalue weighted by molar-refractivity contribution is -0.140. The Hall–Kier alpha value is -2.09. The highest BCUT2D eigenvalue weighted by Gasteiger charge is 2.34. The zero-order valence-corrected chi connectivity index (χ0v) is 12.9. The summed E-state index contributed by atoms with van der Waals surface area (Å²) in [6, 6.07) is 18.7. The van der Waals surface area contributed by atoms with Gasteiger partial charge in [-0.1, -0.05) is 75.4 Å². The van der Waals surface area contributed by atoms with Crippen LogP contribution in [0, 0.1) is 5.92 Å². The van der Waals surface area contributed by atoms with Gasteiger partial charge < -0.3 is 4.74 Å². The number of hydrogen-bond acceptors (Lipinski definition) is 2. The van der Waals surface area contributed by atoms with E-state index in [1.165, 1.54) is 16.7 Å². The molecule has 1 saturated heterocycles. The first kappa shape index (κ1) is 15.3. The van der Waals surface area contributed by atoms with E-state index in [1.54, 1.807) is 0 Å². The molecule has 1 aliphatic rings. The van der Waals surface area contributed by atoms with Gasteiger partial charge in [-0.05, 0) is 16.7 Å². The summed E-state index contributed by atoms with van der Waals surface area (Å²) in [5, 5.41) is 0. The fourth-order valence-electron chi connectivity index (χ4n) is 2.58. The van der Waals surface area contributed by atoms with Crippen LogP contribution >= 0.6 is 0 Å². The maximum atomic E-state index is 11.5. The third kappa shape index (κ3) is 3.33. The van der Waals surface area contributed by atoms with Gasteiger partial charge in [-0.3, -0.25) is 4.79 Å². The van der Waals surface area contributed by atoms with Gasteiger partial charge in [0.1, 0.15) is 0 Å². The van der Waals surface area contributed by atoms with E-state index in [9.17, 15) is 4.79 Å². The average Bonchev–Trinajstić information content (AvgIpc) is 2.90. The third-order valence-electron chi connectivity index (χ3n) is 3.80. The standard InChI is InChI=1S/C17H16O2.C2H6/c1-12-16(11-19-17(12)18)15-9-5-8-14(10-15)13-6-3-2-4-7-13;1-2/h2-10,12,16H,11H2,1H3;1-2H3. The summed E-state index contributed by atoms with van der Waals surface area (Å²) < 4.78 is 5.14. The van der Waals surface area contributed by atoms with E-state index in [2.05, 4.69) is 30.3 Å². The molecule has 1 heterocycles. The molecule has 0 amide bonds. The Morgan fingerprint density at radius 3 is 2.24 bits per heavy atom. The zero-order chi connectivity index (χ0) is 15.2. The minimum Gasteiger partial charge on any atom is -0.465 e. The lowest BCUT2D eigenvalue weighted by atomic mass is 9.88. The molecular weight excluding hydrogens is 260 g/mol. The number of cyclic esters (lactones) is 1. The molecule has 2 aromatic rings. The number of benzene rings is 2. The zero-order valence-electron chi connectivity index (χ0n) is 12.9. The summed E-state index contributed by atoms with van der Waals surface area (Å²) in [5.74, 6) is 0.0392. The van der Waals surface area contributed by atoms with E-state index < -0.39 is 0 Å². The predicted octanol–water partition coefficient (Wildman–Crippen LogP) is 4.66. The minimum atomic E-state index is -0.0879. The summed E-state index contributed by atoms with van der Waals surface area (Å²) >= 11 is 0. The fraction of sp³-hybridized carbons (Fsp3) is 0.316. The van der Waals surface area contributed by atoms with E-state index in [1.807, 2.05) is 45.0 Å². The van der Waals surface area contributed by atoms with E-state index in [-0.39, 0.29) is 17.8 Å². The molecule has 0 saturated carbocycles. The molecule has 0 spiro atoms. The maximum absolute atomic E-state index is 11.5. The molecule has 21 heavy (non-hydrogen) atoms. The molecule has 2 atom stereocenters. The topological polar surface area (TPSA) is 26.3 Å². The van der Waals surface area contributed by atoms with Crippen LogP contribution in [-0.4, -0.2) is 12.6 Å². The molecule has 2 nitrogen and oxygen atoms in total. The van der Waals surface area contributed by atoms with Gasteiger partial charge in [0.25, 0.3) is 0 Å². The van der Waals surface area contributed by atoms with Crippen molar-refractivity contribution in [3.63, 3.8) is 0 Å². The molecule has 2 aromatic carbocycles. The quantitative estimate of drug-likeness (QED) is 0.749. The Bertz CT molecular complexity index is 590. The molecule has 0 bridgehead atoms. The highest BCUT2D eigenvalue weighted by atomic mass is 16.5. The smallest absolute Gasteiger partial charge is 0.309 e. The molecule has 2 unspecified atom stereocenters. The van der Waals surface area contributed by atoms with Gasteiger partial charge in [0.15, 0.2) is 0 Å². The van der Waals surface area contributed by atoms with Gasteiger partial charge in [0.2, 0.25) is 0 Å². The number of hydrogen-bond donors (Lipinski definition) is 0. The van der Waals surface area contributed by atoms with Crippen LogP contribution in [0.15, 0.2) is 54.6 Å². The first-order valence-electron chi connectivity index (χ1n) is 7.58. The van der Waals surface area contributed by atoms with Crippen molar-refractivity contribution >= 4 is 5.97 Å². The predicted molar refractivity (Wildman–Crippen MR) is 86.1 cm³/mol. The SMILES string of the molecule is CC.CC1C(=O)OCC1c1cccc(-c2ccccc2)c1. The molecular formula is C19H22O2. The Morgan fingerprint density at radius 2 is 1.62 bits per heavy atom. The van der Waals surface area contributed by atoms with Crippen molar-refractivity contribution in [2.75, 3.05) is 6.61 Å². The van der Waals surface area contributed by atoms with Crippen LogP contribution < -0.4 is 0 Å². The van der Waals surface area contributed by atoms with Crippen molar-refractivity contribution in [3.05, 3.63) is 60.2 Å². The van der Waals surface area contributed by atoms with Crippen molar-refractivity contribution in [2.24, 2.45) is 5.92 Å². The Morgan fingerprint density at radius 1 is 0.952 bits per heavy atom. The van der Waals surface area contributed by atoms with Crippen molar-refractivity contribution in [1.29, 1.82) is 0 Å². The summed E-state index contributed by atoms with van der Waals surface area (Å²) in [7, 11) is 0. The maximum Gasteiger partial charge on any atom is 0.309 e. The molecule has 110 valence electrons. The van der Waals surface area contributed by atoms with Crippen LogP contribution in [0.3, 0.4) is 0 Å². The second-order valence-corrected chi connectivity index (χ2v) is 5.02. The highest BCUT2D eigenvalue weighted by Crippen LogP contribution is 2.33. The van der Waals surface area contributed by atoms with Gasteiger partial charge in [0, 0.05) is 5.92 Å². The van der Waals surface area contributed by atoms with Crippen molar-refractivity contribution in [2.45, 2.75) is 26.7 Å². The van der Waals surface area contributed by atoms with Crippen molar-refractivity contribution < 1.29 is 9.53 Å². The minimum absolute atomic E-state index is 0.0500. The summed E-state index contributed by atoms with van der Waals surface area (Å²) in [6.45, 7) is 6.44. The second kappa shape index (κ2) is 7.07. The van der Waals surface area contributed by atoms with Gasteiger partial charge in [-0.2, -0.15) is 0 Å². The van der Waals surface area contributed by atoms with Crippen LogP contribution in [-0.2, 0) is 9.53 Å². The number of esters is 1. The molecule has 0 N–H and O–H groups in total. The molecule has 3 rings (SSSR count). The number of carbonyl (C=O) groups is 1. The van der Waals surface area contributed by atoms with Crippen LogP contribution in [0.4, 0.5) is 0 Å². The first-order valence-corrected chi connectivity index (χ1v) is 7.58. The van der Waals surface area contributed by atoms with Crippen LogP contribution in [0.5, 0.6) is 0 Å². The van der Waals surface area contributed by atoms with E-state index in [0.29, 0.717) is 6.61 Å². The number of carbonyl (C=O) groups excluding carboxylic acids is 1. The van der Waals surface area contributed by atoms with Crippen LogP contribution in [0.25, 0.3) is 11.1 Å². The van der Waals surface area contributed by atoms with E-state index in [0.717, 1.165) is 0 Å². The Labute approximate surface area is 126 Å². The Kier molecular flexibility index (Phi) is 5.15. The third-order valence-corrected chi connectivity index (χ3v) is 3.80. The summed E-state index contributed by atoms with van der Waals surface area (Å²) in [5.41, 5.74) is 3.56. The highest BCUT2D eigenvalue weighted by molar-refractivity contribution is 5.76. The van der Waals surface area contributed by atoms with Gasteiger partial charge in [-0.15, -0.1) is 0 Å². The van der Waals surface area contributed by atoms with Crippen LogP contribution in [0.1, 0.15) is 32.3 Å². The van der Waals surface area contributed by atoms with Gasteiger partial charge in [0.05, 0.1) is 12.5 Å². The van der Waals surface area contributed by atoms with Gasteiger partial charge >= 0.3 is 5.97 Å². The number of rotatable bonds is 2. The molecule has 1 fully saturated rings. The van der Waals surface area contributed by atoms with Gasteiger partial charge in [-0.25, -0.2) is 0 Å². The summed E-state index contributed by atoms with van der Waals surface area (Å²) in [6.07, 6.45) is 0. The molecule has 2 heteroatoms. The van der Waals surface area contributed by atoms with Crippen molar-refractivity contribution in [3.8, 4) is 11.1 Å². The van der Waals surface area contributed by atoms with Crippen LogP contribution in [0.2, 0.25) is 0 Å². The first-order chi connectivity index (χ1) is 10.3. The lowest BCUT2D eigenvalue weighted by Crippen LogP contribution is -2.10. The molecule has 0 radical (unpaired) electrons. The molecule has 1 aliphatic heterocycles. The largest absolute Gasteiger partial charge is 0.465 e. The van der Waals surface area contributed by atoms with Crippen molar-refractivity contribution in [1.82, 2.24) is 0 Å². The average molecular weight is 282 g/mol. The Balaban J connectivity index is 0.000000774. The molecule has 0 aliphatic carbocycles. The fourth-order valence-corrected chi connectivity index (χ4v) is 2.58.